The highest BCUT2D eigenvalue weighted by molar-refractivity contribution is 5.74. The molecular formula is C13H19N5O2. The Hall–Kier alpha value is -2.05. The van der Waals surface area contributed by atoms with Crippen molar-refractivity contribution >= 4 is 17.1 Å². The molecule has 1 atom stereocenters. The van der Waals surface area contributed by atoms with Crippen LogP contribution in [0.1, 0.15) is 20.3 Å². The molecule has 7 nitrogen and oxygen atoms in total. The summed E-state index contributed by atoms with van der Waals surface area (Å²) in [4.78, 5) is 32.9. The quantitative estimate of drug-likeness (QED) is 0.856. The van der Waals surface area contributed by atoms with Gasteiger partial charge in [0.15, 0.2) is 11.2 Å². The van der Waals surface area contributed by atoms with Crippen LogP contribution in [0.2, 0.25) is 0 Å². The third-order valence-corrected chi connectivity index (χ3v) is 3.79. The second-order valence-electron chi connectivity index (χ2n) is 5.56. The maximum atomic E-state index is 12.1. The van der Waals surface area contributed by atoms with Crippen LogP contribution in [-0.2, 0) is 13.6 Å². The molecule has 7 heteroatoms. The van der Waals surface area contributed by atoms with E-state index in [1.165, 1.54) is 4.57 Å². The molecule has 20 heavy (non-hydrogen) atoms. The highest BCUT2D eigenvalue weighted by Crippen LogP contribution is 2.26. The van der Waals surface area contributed by atoms with Crippen LogP contribution in [0.25, 0.3) is 11.2 Å². The van der Waals surface area contributed by atoms with Crippen LogP contribution in [0, 0.1) is 5.92 Å². The Morgan fingerprint density at radius 2 is 2.10 bits per heavy atom. The SMILES string of the molecule is CCCN1C[C@H](C)Cn2c1nc1c2c(=O)[nH]c(=O)n1C. The molecule has 108 valence electrons. The Kier molecular flexibility index (Phi) is 2.92. The molecule has 2 aromatic rings. The molecule has 3 rings (SSSR count). The summed E-state index contributed by atoms with van der Waals surface area (Å²) in [5.41, 5.74) is 0.180. The number of anilines is 1. The van der Waals surface area contributed by atoms with E-state index in [1.54, 1.807) is 7.05 Å². The lowest BCUT2D eigenvalue weighted by Crippen LogP contribution is -2.38. The van der Waals surface area contributed by atoms with Crippen LogP contribution >= 0.6 is 0 Å². The molecule has 3 heterocycles. The summed E-state index contributed by atoms with van der Waals surface area (Å²) in [6.45, 7) is 6.87. The molecule has 0 aliphatic carbocycles. The number of nitrogens with one attached hydrogen (secondary N) is 1. The Labute approximate surface area is 115 Å². The van der Waals surface area contributed by atoms with E-state index in [1.807, 2.05) is 4.57 Å². The first-order valence-electron chi connectivity index (χ1n) is 6.97. The largest absolute Gasteiger partial charge is 0.342 e. The fourth-order valence-electron chi connectivity index (χ4n) is 2.93. The van der Waals surface area contributed by atoms with Crippen LogP contribution < -0.4 is 16.1 Å². The molecular weight excluding hydrogens is 258 g/mol. The lowest BCUT2D eigenvalue weighted by molar-refractivity contribution is 0.436. The minimum Gasteiger partial charge on any atom is -0.342 e. The Bertz CT molecular complexity index is 769. The number of nitrogens with zero attached hydrogens (tertiary/aromatic N) is 4. The van der Waals surface area contributed by atoms with Gasteiger partial charge < -0.3 is 9.47 Å². The first-order valence-corrected chi connectivity index (χ1v) is 6.97. The van der Waals surface area contributed by atoms with Gasteiger partial charge in [-0.15, -0.1) is 0 Å². The van der Waals surface area contributed by atoms with Crippen molar-refractivity contribution in [3.8, 4) is 0 Å². The maximum Gasteiger partial charge on any atom is 0.329 e. The van der Waals surface area contributed by atoms with Crippen molar-refractivity contribution in [2.45, 2.75) is 26.8 Å². The summed E-state index contributed by atoms with van der Waals surface area (Å²) in [7, 11) is 1.63. The average molecular weight is 277 g/mol. The third kappa shape index (κ3) is 1.76. The minimum absolute atomic E-state index is 0.354. The molecule has 0 saturated heterocycles. The van der Waals surface area contributed by atoms with E-state index in [0.29, 0.717) is 17.1 Å². The lowest BCUT2D eigenvalue weighted by atomic mass is 10.1. The monoisotopic (exact) mass is 277 g/mol. The van der Waals surface area contributed by atoms with Crippen molar-refractivity contribution in [1.29, 1.82) is 0 Å². The van der Waals surface area contributed by atoms with E-state index >= 15 is 0 Å². The molecule has 0 bridgehead atoms. The van der Waals surface area contributed by atoms with Crippen molar-refractivity contribution in [2.24, 2.45) is 13.0 Å². The Morgan fingerprint density at radius 3 is 2.80 bits per heavy atom. The Balaban J connectivity index is 2.33. The minimum atomic E-state index is -0.423. The van der Waals surface area contributed by atoms with Gasteiger partial charge in [0.2, 0.25) is 5.95 Å². The maximum absolute atomic E-state index is 12.1. The van der Waals surface area contributed by atoms with E-state index in [-0.39, 0.29) is 5.56 Å². The zero-order chi connectivity index (χ0) is 14.4. The van der Waals surface area contributed by atoms with Gasteiger partial charge in [0.05, 0.1) is 0 Å². The van der Waals surface area contributed by atoms with Crippen molar-refractivity contribution in [2.75, 3.05) is 18.0 Å². The molecule has 1 aliphatic rings. The number of rotatable bonds is 2. The summed E-state index contributed by atoms with van der Waals surface area (Å²) in [5, 5.41) is 0. The molecule has 0 amide bonds. The standard InChI is InChI=1S/C13H19N5O2/c1-4-5-17-6-8(2)7-18-9-10(14-12(17)18)16(3)13(20)15-11(9)19/h8H,4-7H2,1-3H3,(H,15,19,20)/t8-/m0/s1. The van der Waals surface area contributed by atoms with Crippen LogP contribution in [0.5, 0.6) is 0 Å². The molecule has 1 aliphatic heterocycles. The predicted molar refractivity (Wildman–Crippen MR) is 77.3 cm³/mol. The van der Waals surface area contributed by atoms with E-state index in [9.17, 15) is 9.59 Å². The van der Waals surface area contributed by atoms with E-state index < -0.39 is 5.69 Å². The number of hydrogen-bond acceptors (Lipinski definition) is 4. The molecule has 0 spiro atoms. The van der Waals surface area contributed by atoms with E-state index in [2.05, 4.69) is 28.7 Å². The van der Waals surface area contributed by atoms with Crippen molar-refractivity contribution in [1.82, 2.24) is 19.1 Å². The molecule has 2 aromatic heterocycles. The second kappa shape index (κ2) is 4.50. The average Bonchev–Trinajstić information content (AvgIpc) is 2.76. The number of aromatic amines is 1. The van der Waals surface area contributed by atoms with Gasteiger partial charge in [-0.25, -0.2) is 4.79 Å². The lowest BCUT2D eigenvalue weighted by Gasteiger charge is -2.32. The smallest absolute Gasteiger partial charge is 0.329 e. The van der Waals surface area contributed by atoms with Gasteiger partial charge in [-0.1, -0.05) is 13.8 Å². The first-order chi connectivity index (χ1) is 9.52. The van der Waals surface area contributed by atoms with Gasteiger partial charge in [-0.2, -0.15) is 4.98 Å². The van der Waals surface area contributed by atoms with Crippen LogP contribution in [0.4, 0.5) is 5.95 Å². The summed E-state index contributed by atoms with van der Waals surface area (Å²) >= 11 is 0. The zero-order valence-electron chi connectivity index (χ0n) is 12.0. The van der Waals surface area contributed by atoms with Gasteiger partial charge in [-0.3, -0.25) is 14.3 Å². The number of hydrogen-bond donors (Lipinski definition) is 1. The van der Waals surface area contributed by atoms with Gasteiger partial charge >= 0.3 is 5.69 Å². The summed E-state index contributed by atoms with van der Waals surface area (Å²) in [6, 6.07) is 0. The topological polar surface area (TPSA) is 75.9 Å². The van der Waals surface area contributed by atoms with Crippen molar-refractivity contribution in [3.05, 3.63) is 20.8 Å². The number of imidazole rings is 1. The van der Waals surface area contributed by atoms with Gasteiger partial charge in [0.1, 0.15) is 0 Å². The molecule has 0 saturated carbocycles. The normalized spacial score (nSPS) is 18.6. The van der Waals surface area contributed by atoms with Gasteiger partial charge in [-0.05, 0) is 12.3 Å². The summed E-state index contributed by atoms with van der Waals surface area (Å²) < 4.78 is 3.34. The Morgan fingerprint density at radius 1 is 1.35 bits per heavy atom. The highest BCUT2D eigenvalue weighted by Gasteiger charge is 2.27. The van der Waals surface area contributed by atoms with Crippen LogP contribution in [0.3, 0.4) is 0 Å². The van der Waals surface area contributed by atoms with E-state index in [0.717, 1.165) is 32.0 Å². The number of H-pyrrole nitrogens is 1. The van der Waals surface area contributed by atoms with Gasteiger partial charge in [0, 0.05) is 26.7 Å². The third-order valence-electron chi connectivity index (χ3n) is 3.79. The number of aromatic nitrogens is 4. The predicted octanol–water partition coefficient (Wildman–Crippen LogP) is 0.289. The first kappa shape index (κ1) is 13.0. The molecule has 0 aromatic carbocycles. The molecule has 0 unspecified atom stereocenters. The van der Waals surface area contributed by atoms with Crippen molar-refractivity contribution < 1.29 is 0 Å². The number of fused-ring (bicyclic) bond motifs is 3. The van der Waals surface area contributed by atoms with Gasteiger partial charge in [0.25, 0.3) is 5.56 Å². The summed E-state index contributed by atoms with van der Waals surface area (Å²) in [6.07, 6.45) is 1.02. The second-order valence-corrected chi connectivity index (χ2v) is 5.56. The molecule has 0 radical (unpaired) electrons. The highest BCUT2D eigenvalue weighted by atomic mass is 16.2. The zero-order valence-corrected chi connectivity index (χ0v) is 12.0. The van der Waals surface area contributed by atoms with Crippen molar-refractivity contribution in [3.63, 3.8) is 0 Å². The van der Waals surface area contributed by atoms with Crippen LogP contribution in [-0.4, -0.2) is 32.2 Å². The van der Waals surface area contributed by atoms with Crippen LogP contribution in [0.15, 0.2) is 9.59 Å². The fourth-order valence-corrected chi connectivity index (χ4v) is 2.93. The molecule has 1 N–H and O–H groups in total. The number of aryl methyl sites for hydroxylation is 1. The fraction of sp³-hybridized carbons (Fsp3) is 0.615. The summed E-state index contributed by atoms with van der Waals surface area (Å²) in [5.74, 6) is 1.25. The molecule has 0 fully saturated rings. The van der Waals surface area contributed by atoms with E-state index in [4.69, 9.17) is 0 Å².